The Labute approximate surface area is 272 Å². The van der Waals surface area contributed by atoms with Crippen molar-refractivity contribution in [2.45, 2.75) is 19.9 Å². The van der Waals surface area contributed by atoms with Gasteiger partial charge in [0.25, 0.3) is 5.56 Å². The number of ether oxygens (including phenoxy) is 4. The first-order valence-corrected chi connectivity index (χ1v) is 15.8. The molecule has 2 aliphatic heterocycles. The number of rotatable bonds is 8. The Hall–Kier alpha value is -5.68. The van der Waals surface area contributed by atoms with Gasteiger partial charge in [0.15, 0.2) is 16.3 Å². The summed E-state index contributed by atoms with van der Waals surface area (Å²) >= 11 is 1.19. The molecule has 0 aliphatic carbocycles. The van der Waals surface area contributed by atoms with Gasteiger partial charge >= 0.3 is 11.9 Å². The molecule has 0 amide bonds. The number of fused-ring (bicyclic) bond motifs is 2. The Bertz CT molecular complexity index is 2230. The first-order chi connectivity index (χ1) is 22.9. The Morgan fingerprint density at radius 3 is 2.47 bits per heavy atom. The summed E-state index contributed by atoms with van der Waals surface area (Å²) in [5, 5.41) is 0. The molecule has 2 aromatic heterocycles. The molecule has 0 spiro atoms. The second-order valence-corrected chi connectivity index (χ2v) is 11.6. The fourth-order valence-corrected chi connectivity index (χ4v) is 6.55. The Morgan fingerprint density at radius 1 is 0.894 bits per heavy atom. The third kappa shape index (κ3) is 5.66. The third-order valence-electron chi connectivity index (χ3n) is 7.64. The number of nitrogens with zero attached hydrogens (tertiary/aromatic N) is 2. The molecule has 0 fully saturated rings. The highest BCUT2D eigenvalue weighted by atomic mass is 32.1. The first kappa shape index (κ1) is 30.0. The summed E-state index contributed by atoms with van der Waals surface area (Å²) in [5.74, 6) is 1.04. The van der Waals surface area contributed by atoms with Crippen molar-refractivity contribution in [3.63, 3.8) is 0 Å². The number of esters is 2. The van der Waals surface area contributed by atoms with Gasteiger partial charge in [-0.15, -0.1) is 0 Å². The number of aromatic nitrogens is 1. The van der Waals surface area contributed by atoms with Crippen LogP contribution in [-0.4, -0.2) is 36.5 Å². The lowest BCUT2D eigenvalue weighted by atomic mass is 9.93. The zero-order chi connectivity index (χ0) is 32.5. The third-order valence-corrected chi connectivity index (χ3v) is 8.63. The molecular formula is C36H28N2O8S. The number of carbonyl (C=O) groups is 2. The molecule has 0 N–H and O–H groups in total. The molecule has 7 rings (SSSR count). The van der Waals surface area contributed by atoms with Gasteiger partial charge < -0.3 is 23.4 Å². The van der Waals surface area contributed by atoms with Crippen LogP contribution in [0.3, 0.4) is 0 Å². The molecule has 236 valence electrons. The number of hydrogen-bond donors (Lipinski definition) is 0. The van der Waals surface area contributed by atoms with Crippen molar-refractivity contribution in [3.05, 3.63) is 133 Å². The van der Waals surface area contributed by atoms with Crippen LogP contribution in [0.25, 0.3) is 23.1 Å². The van der Waals surface area contributed by atoms with E-state index in [0.29, 0.717) is 60.3 Å². The highest BCUT2D eigenvalue weighted by molar-refractivity contribution is 7.07. The average Bonchev–Trinajstić information content (AvgIpc) is 3.84. The van der Waals surface area contributed by atoms with E-state index in [1.807, 2.05) is 42.5 Å². The van der Waals surface area contributed by atoms with Crippen LogP contribution in [0.1, 0.15) is 47.1 Å². The van der Waals surface area contributed by atoms with Gasteiger partial charge in [-0.3, -0.25) is 9.36 Å². The molecule has 0 radical (unpaired) electrons. The molecule has 0 bridgehead atoms. The molecule has 47 heavy (non-hydrogen) atoms. The molecule has 2 aliphatic rings. The van der Waals surface area contributed by atoms with Gasteiger partial charge in [0, 0.05) is 17.2 Å². The van der Waals surface area contributed by atoms with Crippen LogP contribution in [0.15, 0.2) is 105 Å². The smallest absolute Gasteiger partial charge is 0.338 e. The van der Waals surface area contributed by atoms with Crippen molar-refractivity contribution < 1.29 is 33.0 Å². The summed E-state index contributed by atoms with van der Waals surface area (Å²) in [6, 6.07) is 24.3. The second kappa shape index (κ2) is 12.6. The summed E-state index contributed by atoms with van der Waals surface area (Å²) in [4.78, 5) is 45.5. The van der Waals surface area contributed by atoms with Gasteiger partial charge in [-0.1, -0.05) is 59.9 Å². The van der Waals surface area contributed by atoms with Crippen molar-refractivity contribution in [2.75, 3.05) is 20.0 Å². The monoisotopic (exact) mass is 648 g/mol. The van der Waals surface area contributed by atoms with Crippen molar-refractivity contribution in [3.8, 4) is 22.8 Å². The number of carbonyl (C=O) groups excluding carboxylic acids is 2. The summed E-state index contributed by atoms with van der Waals surface area (Å²) in [7, 11) is 0. The summed E-state index contributed by atoms with van der Waals surface area (Å²) in [6.07, 6.45) is 1.65. The molecular weight excluding hydrogens is 620 g/mol. The maximum Gasteiger partial charge on any atom is 0.338 e. The highest BCUT2D eigenvalue weighted by Gasteiger charge is 2.36. The van der Waals surface area contributed by atoms with Crippen molar-refractivity contribution >= 4 is 35.0 Å². The number of furan rings is 1. The first-order valence-electron chi connectivity index (χ1n) is 15.0. The van der Waals surface area contributed by atoms with E-state index in [2.05, 4.69) is 0 Å². The van der Waals surface area contributed by atoms with Gasteiger partial charge in [-0.2, -0.15) is 0 Å². The predicted octanol–water partition coefficient (Wildman–Crippen LogP) is 5.10. The van der Waals surface area contributed by atoms with E-state index < -0.39 is 18.0 Å². The zero-order valence-corrected chi connectivity index (χ0v) is 26.2. The lowest BCUT2D eigenvalue weighted by Crippen LogP contribution is -2.40. The molecule has 0 saturated carbocycles. The second-order valence-electron chi connectivity index (χ2n) is 10.5. The number of thiazole rings is 1. The molecule has 1 atom stereocenters. The number of benzene rings is 3. The molecule has 3 aromatic carbocycles. The fourth-order valence-electron chi connectivity index (χ4n) is 5.57. The van der Waals surface area contributed by atoms with Crippen LogP contribution >= 0.6 is 11.3 Å². The summed E-state index contributed by atoms with van der Waals surface area (Å²) in [6.45, 7) is 3.98. The largest absolute Gasteiger partial charge is 0.463 e. The lowest BCUT2D eigenvalue weighted by molar-refractivity contribution is -0.138. The molecule has 11 heteroatoms. The normalized spacial score (nSPS) is 15.3. The van der Waals surface area contributed by atoms with E-state index in [-0.39, 0.29) is 31.1 Å². The minimum atomic E-state index is -0.866. The SMILES string of the molecule is CCOC(=O)C1=C(c2ccccc2)N=c2s/c(=C\c3ccc(-c4cccc(C(=O)OCC)c4)o3)c(=O)n2C1c1ccc2c(c1)OCO2. The molecule has 0 saturated heterocycles. The van der Waals surface area contributed by atoms with E-state index in [1.54, 1.807) is 62.4 Å². The Balaban J connectivity index is 1.37. The molecule has 5 aromatic rings. The van der Waals surface area contributed by atoms with Gasteiger partial charge in [0.1, 0.15) is 11.5 Å². The maximum atomic E-state index is 14.2. The van der Waals surface area contributed by atoms with Crippen molar-refractivity contribution in [2.24, 2.45) is 4.99 Å². The minimum absolute atomic E-state index is 0.0790. The quantitative estimate of drug-likeness (QED) is 0.213. The summed E-state index contributed by atoms with van der Waals surface area (Å²) < 4.78 is 29.8. The van der Waals surface area contributed by atoms with Crippen LogP contribution < -0.4 is 24.4 Å². The standard InChI is InChI=1S/C36H28N2O8S/c1-3-42-34(40)24-12-8-11-22(17-24)26-16-14-25(46-26)19-29-33(39)38-32(23-13-15-27-28(18-23)45-20-44-27)30(35(41)43-4-2)31(37-36(38)47-29)21-9-6-5-7-10-21/h5-19,32H,3-4,20H2,1-2H3/b29-19-. The van der Waals surface area contributed by atoms with E-state index in [0.717, 1.165) is 0 Å². The average molecular weight is 649 g/mol. The number of hydrogen-bond acceptors (Lipinski definition) is 10. The van der Waals surface area contributed by atoms with Crippen LogP contribution in [0.5, 0.6) is 11.5 Å². The van der Waals surface area contributed by atoms with Gasteiger partial charge in [-0.25, -0.2) is 14.6 Å². The van der Waals surface area contributed by atoms with E-state index in [4.69, 9.17) is 28.4 Å². The Kier molecular flexibility index (Phi) is 8.05. The Morgan fingerprint density at radius 2 is 1.66 bits per heavy atom. The van der Waals surface area contributed by atoms with Crippen molar-refractivity contribution in [1.29, 1.82) is 0 Å². The zero-order valence-electron chi connectivity index (χ0n) is 25.4. The predicted molar refractivity (Wildman–Crippen MR) is 174 cm³/mol. The van der Waals surface area contributed by atoms with Gasteiger partial charge in [-0.05, 0) is 55.8 Å². The van der Waals surface area contributed by atoms with Crippen LogP contribution in [0.4, 0.5) is 0 Å². The molecule has 10 nitrogen and oxygen atoms in total. The van der Waals surface area contributed by atoms with Crippen LogP contribution in [-0.2, 0) is 14.3 Å². The van der Waals surface area contributed by atoms with E-state index >= 15 is 0 Å². The van der Waals surface area contributed by atoms with E-state index in [9.17, 15) is 14.4 Å². The van der Waals surface area contributed by atoms with Gasteiger partial charge in [0.2, 0.25) is 6.79 Å². The molecule has 4 heterocycles. The maximum absolute atomic E-state index is 14.2. The summed E-state index contributed by atoms with van der Waals surface area (Å²) in [5.41, 5.74) is 2.73. The van der Waals surface area contributed by atoms with Crippen molar-refractivity contribution in [1.82, 2.24) is 4.57 Å². The van der Waals surface area contributed by atoms with E-state index in [1.165, 1.54) is 15.9 Å². The van der Waals surface area contributed by atoms with Crippen LogP contribution in [0.2, 0.25) is 0 Å². The molecule has 1 unspecified atom stereocenters. The fraction of sp³-hybridized carbons (Fsp3) is 0.167. The lowest BCUT2D eigenvalue weighted by Gasteiger charge is -2.26. The van der Waals surface area contributed by atoms with Crippen LogP contribution in [0, 0.1) is 0 Å². The topological polar surface area (TPSA) is 119 Å². The highest BCUT2D eigenvalue weighted by Crippen LogP contribution is 2.40. The minimum Gasteiger partial charge on any atom is -0.463 e. The van der Waals surface area contributed by atoms with Gasteiger partial charge in [0.05, 0.1) is 40.6 Å².